The number of benzene rings is 1. The summed E-state index contributed by atoms with van der Waals surface area (Å²) in [6.45, 7) is -0.108. The van der Waals surface area contributed by atoms with E-state index in [-0.39, 0.29) is 12.5 Å². The Hall–Kier alpha value is -1.52. The van der Waals surface area contributed by atoms with Crippen molar-refractivity contribution in [2.45, 2.75) is 0 Å². The van der Waals surface area contributed by atoms with Gasteiger partial charge in [-0.25, -0.2) is 0 Å². The summed E-state index contributed by atoms with van der Waals surface area (Å²) in [7, 11) is 2.77. The van der Waals surface area contributed by atoms with Gasteiger partial charge in [-0.3, -0.25) is 9.59 Å². The summed E-state index contributed by atoms with van der Waals surface area (Å²) in [4.78, 5) is 24.0. The average molecular weight is 302 g/mol. The molecule has 19 heavy (non-hydrogen) atoms. The number of carbonyl (C=O) groups is 2. The van der Waals surface area contributed by atoms with Gasteiger partial charge < -0.3 is 9.64 Å². The van der Waals surface area contributed by atoms with Crippen LogP contribution >= 0.6 is 23.2 Å². The van der Waals surface area contributed by atoms with Crippen molar-refractivity contribution in [2.24, 2.45) is 0 Å². The van der Waals surface area contributed by atoms with Gasteiger partial charge in [0.25, 0.3) is 0 Å². The Kier molecular flexibility index (Phi) is 5.86. The molecule has 0 spiro atoms. The Morgan fingerprint density at radius 3 is 2.68 bits per heavy atom. The smallest absolute Gasteiger partial charge is 0.325 e. The highest BCUT2D eigenvalue weighted by Crippen LogP contribution is 2.26. The van der Waals surface area contributed by atoms with Crippen molar-refractivity contribution in [1.29, 1.82) is 0 Å². The number of nitrogens with zero attached hydrogens (tertiary/aromatic N) is 1. The second-order valence-corrected chi connectivity index (χ2v) is 4.53. The van der Waals surface area contributed by atoms with Crippen LogP contribution in [-0.4, -0.2) is 37.5 Å². The van der Waals surface area contributed by atoms with Crippen LogP contribution in [0.1, 0.15) is 5.56 Å². The van der Waals surface area contributed by atoms with Gasteiger partial charge >= 0.3 is 5.97 Å². The molecular formula is C13H13Cl2NO3. The molecule has 4 nitrogen and oxygen atoms in total. The molecule has 1 aromatic rings. The molecule has 0 unspecified atom stereocenters. The van der Waals surface area contributed by atoms with E-state index in [1.807, 2.05) is 0 Å². The number of rotatable bonds is 4. The molecule has 0 aliphatic carbocycles. The molecule has 0 heterocycles. The second-order valence-electron chi connectivity index (χ2n) is 3.75. The van der Waals surface area contributed by atoms with Gasteiger partial charge in [0.2, 0.25) is 5.91 Å². The van der Waals surface area contributed by atoms with Crippen LogP contribution in [-0.2, 0) is 14.3 Å². The molecule has 6 heteroatoms. The minimum absolute atomic E-state index is 0.108. The van der Waals surface area contributed by atoms with E-state index in [1.165, 1.54) is 25.1 Å². The molecule has 0 N–H and O–H groups in total. The predicted octanol–water partition coefficient (Wildman–Crippen LogP) is 2.64. The summed E-state index contributed by atoms with van der Waals surface area (Å²) in [6.07, 6.45) is 2.87. The quantitative estimate of drug-likeness (QED) is 0.634. The lowest BCUT2D eigenvalue weighted by atomic mass is 10.2. The maximum atomic E-state index is 11.7. The van der Waals surface area contributed by atoms with Crippen molar-refractivity contribution >= 4 is 41.2 Å². The van der Waals surface area contributed by atoms with Gasteiger partial charge in [-0.15, -0.1) is 0 Å². The van der Waals surface area contributed by atoms with Gasteiger partial charge in [0.15, 0.2) is 0 Å². The van der Waals surface area contributed by atoms with Crippen molar-refractivity contribution in [1.82, 2.24) is 4.90 Å². The van der Waals surface area contributed by atoms with E-state index < -0.39 is 5.97 Å². The highest BCUT2D eigenvalue weighted by molar-refractivity contribution is 6.42. The van der Waals surface area contributed by atoms with Crippen molar-refractivity contribution < 1.29 is 14.3 Å². The Bertz CT molecular complexity index is 515. The van der Waals surface area contributed by atoms with Crippen molar-refractivity contribution in [3.05, 3.63) is 39.9 Å². The number of carbonyl (C=O) groups excluding carboxylic acids is 2. The summed E-state index contributed by atoms with van der Waals surface area (Å²) in [5.74, 6) is -0.813. The largest absolute Gasteiger partial charge is 0.468 e. The van der Waals surface area contributed by atoms with Gasteiger partial charge in [0.05, 0.1) is 17.2 Å². The average Bonchev–Trinajstić information content (AvgIpc) is 2.39. The number of amides is 1. The summed E-state index contributed by atoms with van der Waals surface area (Å²) >= 11 is 11.8. The summed E-state index contributed by atoms with van der Waals surface area (Å²) in [5, 5.41) is 0.794. The zero-order chi connectivity index (χ0) is 14.4. The number of likely N-dealkylation sites (N-methyl/N-ethyl adjacent to an activating group) is 1. The van der Waals surface area contributed by atoms with Gasteiger partial charge in [-0.2, -0.15) is 0 Å². The third kappa shape index (κ3) is 4.58. The van der Waals surface area contributed by atoms with Crippen LogP contribution < -0.4 is 0 Å². The summed E-state index contributed by atoms with van der Waals surface area (Å²) < 4.78 is 4.47. The van der Waals surface area contributed by atoms with E-state index in [2.05, 4.69) is 4.74 Å². The summed E-state index contributed by atoms with van der Waals surface area (Å²) in [5.41, 5.74) is 0.633. The van der Waals surface area contributed by atoms with Crippen LogP contribution in [0.5, 0.6) is 0 Å². The first-order valence-corrected chi connectivity index (χ1v) is 6.15. The lowest BCUT2D eigenvalue weighted by Gasteiger charge is -2.12. The fraction of sp³-hybridized carbons (Fsp3) is 0.231. The number of halogens is 2. The molecule has 0 fully saturated rings. The van der Waals surface area contributed by atoms with E-state index in [1.54, 1.807) is 24.3 Å². The van der Waals surface area contributed by atoms with E-state index in [0.29, 0.717) is 15.6 Å². The Labute approximate surface area is 121 Å². The maximum Gasteiger partial charge on any atom is 0.325 e. The Balaban J connectivity index is 2.73. The van der Waals surface area contributed by atoms with Crippen LogP contribution in [0.3, 0.4) is 0 Å². The number of hydrogen-bond donors (Lipinski definition) is 0. The molecule has 0 saturated carbocycles. The number of esters is 1. The molecule has 0 bridgehead atoms. The van der Waals surface area contributed by atoms with Gasteiger partial charge in [0, 0.05) is 13.1 Å². The van der Waals surface area contributed by atoms with Crippen molar-refractivity contribution in [2.75, 3.05) is 20.7 Å². The summed E-state index contributed by atoms with van der Waals surface area (Å²) in [6, 6.07) is 5.13. The number of ether oxygens (including phenoxy) is 1. The molecule has 1 amide bonds. The van der Waals surface area contributed by atoms with Crippen LogP contribution in [0.4, 0.5) is 0 Å². The second kappa shape index (κ2) is 7.16. The van der Waals surface area contributed by atoms with E-state index in [0.717, 1.165) is 0 Å². The minimum atomic E-state index is -0.481. The topological polar surface area (TPSA) is 46.6 Å². The highest BCUT2D eigenvalue weighted by atomic mass is 35.5. The molecule has 0 saturated heterocycles. The Morgan fingerprint density at radius 2 is 2.05 bits per heavy atom. The third-order valence-electron chi connectivity index (χ3n) is 2.36. The standard InChI is InChI=1S/C13H13Cl2NO3/c1-16(8-12(18)19-2)11(17)7-6-9-4-3-5-10(14)13(9)15/h3-7H,8H2,1-2H3/b7-6+. The molecule has 0 aliphatic heterocycles. The first-order valence-electron chi connectivity index (χ1n) is 5.39. The molecule has 0 atom stereocenters. The maximum absolute atomic E-state index is 11.7. The fourth-order valence-electron chi connectivity index (χ4n) is 1.27. The van der Waals surface area contributed by atoms with E-state index >= 15 is 0 Å². The van der Waals surface area contributed by atoms with Gasteiger partial charge in [-0.1, -0.05) is 35.3 Å². The van der Waals surface area contributed by atoms with Crippen molar-refractivity contribution in [3.8, 4) is 0 Å². The van der Waals surface area contributed by atoms with Crippen LogP contribution in [0.2, 0.25) is 10.0 Å². The lowest BCUT2D eigenvalue weighted by molar-refractivity contribution is -0.144. The predicted molar refractivity (Wildman–Crippen MR) is 75.1 cm³/mol. The third-order valence-corrected chi connectivity index (χ3v) is 3.19. The van der Waals surface area contributed by atoms with E-state index in [4.69, 9.17) is 23.2 Å². The molecule has 0 radical (unpaired) electrons. The molecule has 102 valence electrons. The monoisotopic (exact) mass is 301 g/mol. The van der Waals surface area contributed by atoms with Crippen LogP contribution in [0.15, 0.2) is 24.3 Å². The first-order chi connectivity index (χ1) is 8.95. The minimum Gasteiger partial charge on any atom is -0.468 e. The molecule has 0 aliphatic rings. The number of hydrogen-bond acceptors (Lipinski definition) is 3. The van der Waals surface area contributed by atoms with Crippen molar-refractivity contribution in [3.63, 3.8) is 0 Å². The normalized spacial score (nSPS) is 10.5. The first kappa shape index (κ1) is 15.5. The molecular weight excluding hydrogens is 289 g/mol. The Morgan fingerprint density at radius 1 is 1.37 bits per heavy atom. The molecule has 1 aromatic carbocycles. The number of methoxy groups -OCH3 is 1. The zero-order valence-electron chi connectivity index (χ0n) is 10.5. The van der Waals surface area contributed by atoms with Crippen LogP contribution in [0, 0.1) is 0 Å². The van der Waals surface area contributed by atoms with Gasteiger partial charge in [-0.05, 0) is 17.7 Å². The fourth-order valence-corrected chi connectivity index (χ4v) is 1.64. The zero-order valence-corrected chi connectivity index (χ0v) is 12.0. The highest BCUT2D eigenvalue weighted by Gasteiger charge is 2.10. The lowest BCUT2D eigenvalue weighted by Crippen LogP contribution is -2.31. The van der Waals surface area contributed by atoms with Gasteiger partial charge in [0.1, 0.15) is 6.54 Å². The van der Waals surface area contributed by atoms with Crippen LogP contribution in [0.25, 0.3) is 6.08 Å². The molecule has 1 rings (SSSR count). The SMILES string of the molecule is COC(=O)CN(C)C(=O)/C=C/c1cccc(Cl)c1Cl. The molecule has 0 aromatic heterocycles. The van der Waals surface area contributed by atoms with E-state index in [9.17, 15) is 9.59 Å².